The smallest absolute Gasteiger partial charge is 0.368 e. The van der Waals surface area contributed by atoms with Crippen LogP contribution >= 0.6 is 0 Å². The number of carbonyl (C=O) groups is 1. The number of amides is 1. The van der Waals surface area contributed by atoms with Crippen molar-refractivity contribution >= 4 is 21.8 Å². The van der Waals surface area contributed by atoms with E-state index < -0.39 is 21.9 Å². The number of fused-ring (bicyclic) bond motifs is 1. The number of rotatable bonds is 5. The molecule has 2 aromatic carbocycles. The van der Waals surface area contributed by atoms with Gasteiger partial charge < -0.3 is 9.80 Å². The molecule has 0 N–H and O–H groups in total. The van der Waals surface area contributed by atoms with Gasteiger partial charge in [-0.05, 0) is 41.3 Å². The molecule has 1 amide bonds. The lowest BCUT2D eigenvalue weighted by Gasteiger charge is -2.36. The summed E-state index contributed by atoms with van der Waals surface area (Å²) in [5.74, 6) is 0.0782. The van der Waals surface area contributed by atoms with Crippen LogP contribution < -0.4 is 4.90 Å². The van der Waals surface area contributed by atoms with Gasteiger partial charge >= 0.3 is 6.18 Å². The van der Waals surface area contributed by atoms with Gasteiger partial charge in [0.15, 0.2) is 0 Å². The van der Waals surface area contributed by atoms with Gasteiger partial charge in [0.1, 0.15) is 0 Å². The quantitative estimate of drug-likeness (QED) is 0.620. The summed E-state index contributed by atoms with van der Waals surface area (Å²) >= 11 is 0. The summed E-state index contributed by atoms with van der Waals surface area (Å²) in [4.78, 5) is 15.6. The zero-order chi connectivity index (χ0) is 25.4. The normalized spacial score (nSPS) is 17.5. The number of anilines is 1. The molecule has 0 saturated carbocycles. The van der Waals surface area contributed by atoms with Crippen LogP contribution in [0.15, 0.2) is 42.5 Å². The Balaban J connectivity index is 1.42. The predicted molar refractivity (Wildman–Crippen MR) is 127 cm³/mol. The summed E-state index contributed by atoms with van der Waals surface area (Å²) in [6.45, 7) is 4.78. The highest BCUT2D eigenvalue weighted by Gasteiger charge is 2.33. The van der Waals surface area contributed by atoms with Crippen LogP contribution in [0.2, 0.25) is 0 Å². The minimum absolute atomic E-state index is 0.0782. The first-order chi connectivity index (χ1) is 16.4. The van der Waals surface area contributed by atoms with Gasteiger partial charge in [0.2, 0.25) is 5.91 Å². The van der Waals surface area contributed by atoms with E-state index in [-0.39, 0.29) is 24.6 Å². The number of nitrogens with zero attached hydrogens (tertiary/aromatic N) is 4. The maximum absolute atomic E-state index is 13.2. The second-order valence-corrected chi connectivity index (χ2v) is 11.0. The molecule has 0 aromatic heterocycles. The average Bonchev–Trinajstić information content (AvgIpc) is 2.83. The van der Waals surface area contributed by atoms with E-state index in [0.717, 1.165) is 46.3 Å². The van der Waals surface area contributed by atoms with Gasteiger partial charge in [-0.25, -0.2) is 0 Å². The maximum Gasteiger partial charge on any atom is 0.416 e. The van der Waals surface area contributed by atoms with E-state index in [1.807, 2.05) is 17.0 Å². The molecular formula is C24H29F3N4O3S. The highest BCUT2D eigenvalue weighted by atomic mass is 32.2. The van der Waals surface area contributed by atoms with E-state index in [2.05, 4.69) is 11.0 Å². The number of hydrogen-bond acceptors (Lipinski definition) is 4. The summed E-state index contributed by atoms with van der Waals surface area (Å²) in [7, 11) is -2.47. The van der Waals surface area contributed by atoms with E-state index in [9.17, 15) is 26.4 Å². The second-order valence-electron chi connectivity index (χ2n) is 8.99. The molecule has 7 nitrogen and oxygen atoms in total. The van der Waals surface area contributed by atoms with Gasteiger partial charge in [-0.15, -0.1) is 0 Å². The van der Waals surface area contributed by atoms with E-state index in [4.69, 9.17) is 0 Å². The molecule has 2 heterocycles. The van der Waals surface area contributed by atoms with E-state index in [1.165, 1.54) is 23.5 Å². The minimum Gasteiger partial charge on any atom is -0.368 e. The topological polar surface area (TPSA) is 64.2 Å². The van der Waals surface area contributed by atoms with Gasteiger partial charge in [0.25, 0.3) is 10.2 Å². The van der Waals surface area contributed by atoms with Crippen molar-refractivity contribution in [1.29, 1.82) is 0 Å². The lowest BCUT2D eigenvalue weighted by molar-refractivity contribution is -0.137. The summed E-state index contributed by atoms with van der Waals surface area (Å²) in [6.07, 6.45) is -3.93. The molecule has 0 aliphatic carbocycles. The van der Waals surface area contributed by atoms with Crippen LogP contribution in [-0.2, 0) is 40.7 Å². The second kappa shape index (κ2) is 9.79. The van der Waals surface area contributed by atoms with Crippen molar-refractivity contribution in [3.63, 3.8) is 0 Å². The van der Waals surface area contributed by atoms with Gasteiger partial charge in [0, 0.05) is 65.5 Å². The molecule has 190 valence electrons. The molecular weight excluding hydrogens is 481 g/mol. The van der Waals surface area contributed by atoms with Crippen molar-refractivity contribution in [1.82, 2.24) is 13.5 Å². The molecule has 2 aliphatic heterocycles. The Hall–Kier alpha value is -2.63. The average molecular weight is 511 g/mol. The molecule has 4 rings (SSSR count). The molecule has 1 fully saturated rings. The van der Waals surface area contributed by atoms with E-state index >= 15 is 0 Å². The minimum atomic E-state index is -4.48. The lowest BCUT2D eigenvalue weighted by Crippen LogP contribution is -2.48. The summed E-state index contributed by atoms with van der Waals surface area (Å²) in [5.41, 5.74) is 2.54. The molecule has 2 aliphatic rings. The Morgan fingerprint density at radius 2 is 1.71 bits per heavy atom. The zero-order valence-corrected chi connectivity index (χ0v) is 20.6. The Labute approximate surface area is 203 Å². The lowest BCUT2D eigenvalue weighted by atomic mass is 10.00. The summed E-state index contributed by atoms with van der Waals surface area (Å²) < 4.78 is 67.8. The monoisotopic (exact) mass is 510 g/mol. The van der Waals surface area contributed by atoms with E-state index in [0.29, 0.717) is 26.1 Å². The van der Waals surface area contributed by atoms with Crippen LogP contribution in [0.25, 0.3) is 0 Å². The third-order valence-electron chi connectivity index (χ3n) is 6.64. The highest BCUT2D eigenvalue weighted by molar-refractivity contribution is 7.86. The van der Waals surface area contributed by atoms with Crippen molar-refractivity contribution in [2.75, 3.05) is 44.7 Å². The number of alkyl halides is 3. The molecule has 35 heavy (non-hydrogen) atoms. The molecule has 0 unspecified atom stereocenters. The van der Waals surface area contributed by atoms with Gasteiger partial charge in [-0.1, -0.05) is 24.3 Å². The molecule has 0 spiro atoms. The van der Waals surface area contributed by atoms with Crippen LogP contribution in [0, 0.1) is 0 Å². The van der Waals surface area contributed by atoms with Crippen LogP contribution in [-0.4, -0.2) is 67.6 Å². The SMILES string of the molecule is CC(=O)N1CCN(c2ccc3c(c2)CCN(S(=O)(=O)N(C)Cc2cccc(C(F)(F)F)c2)C3)CC1. The number of benzene rings is 2. The first-order valence-corrected chi connectivity index (χ1v) is 12.8. The molecule has 1 saturated heterocycles. The third-order valence-corrected chi connectivity index (χ3v) is 8.52. The fourth-order valence-electron chi connectivity index (χ4n) is 4.57. The van der Waals surface area contributed by atoms with Crippen LogP contribution in [0.5, 0.6) is 0 Å². The Morgan fingerprint density at radius 3 is 2.37 bits per heavy atom. The highest BCUT2D eigenvalue weighted by Crippen LogP contribution is 2.31. The standard InChI is InChI=1S/C24H29F3N4O3S/c1-18(32)29-10-12-30(13-11-29)23-7-6-21-17-31(9-8-20(21)15-23)35(33,34)28(2)16-19-4-3-5-22(14-19)24(25,26)27/h3-7,14-15H,8-13,16-17H2,1-2H3. The number of piperazine rings is 1. The van der Waals surface area contributed by atoms with Crippen LogP contribution in [0.1, 0.15) is 29.2 Å². The van der Waals surface area contributed by atoms with Crippen molar-refractivity contribution in [2.24, 2.45) is 0 Å². The van der Waals surface area contributed by atoms with Gasteiger partial charge in [-0.3, -0.25) is 4.79 Å². The number of hydrogen-bond donors (Lipinski definition) is 0. The van der Waals surface area contributed by atoms with E-state index in [1.54, 1.807) is 6.92 Å². The zero-order valence-electron chi connectivity index (χ0n) is 19.8. The molecule has 0 radical (unpaired) electrons. The summed E-state index contributed by atoms with van der Waals surface area (Å²) in [6, 6.07) is 10.7. The van der Waals surface area contributed by atoms with Crippen molar-refractivity contribution in [2.45, 2.75) is 32.6 Å². The van der Waals surface area contributed by atoms with Crippen LogP contribution in [0.3, 0.4) is 0 Å². The molecule has 0 atom stereocenters. The largest absolute Gasteiger partial charge is 0.416 e. The molecule has 2 aromatic rings. The first kappa shape index (κ1) is 25.5. The Morgan fingerprint density at radius 1 is 1.00 bits per heavy atom. The van der Waals surface area contributed by atoms with Crippen LogP contribution in [0.4, 0.5) is 18.9 Å². The molecule has 11 heteroatoms. The van der Waals surface area contributed by atoms with Crippen molar-refractivity contribution in [3.8, 4) is 0 Å². The van der Waals surface area contributed by atoms with Gasteiger partial charge in [-0.2, -0.15) is 30.2 Å². The van der Waals surface area contributed by atoms with Crippen molar-refractivity contribution < 1.29 is 26.4 Å². The first-order valence-electron chi connectivity index (χ1n) is 11.4. The number of carbonyl (C=O) groups excluding carboxylic acids is 1. The Kier molecular flexibility index (Phi) is 7.12. The predicted octanol–water partition coefficient (Wildman–Crippen LogP) is 3.11. The maximum atomic E-state index is 13.2. The number of halogens is 3. The Bertz CT molecular complexity index is 1190. The van der Waals surface area contributed by atoms with Gasteiger partial charge in [0.05, 0.1) is 5.56 Å². The third kappa shape index (κ3) is 5.62. The fraction of sp³-hybridized carbons (Fsp3) is 0.458. The summed E-state index contributed by atoms with van der Waals surface area (Å²) in [5, 5.41) is 0. The van der Waals surface area contributed by atoms with Crippen molar-refractivity contribution in [3.05, 3.63) is 64.7 Å². The fourth-order valence-corrected chi connectivity index (χ4v) is 5.90. The molecule has 0 bridgehead atoms.